The number of thioether (sulfide) groups is 1. The fraction of sp³-hybridized carbons (Fsp3) is 0.400. The van der Waals surface area contributed by atoms with Crippen LogP contribution in [0.4, 0.5) is 0 Å². The van der Waals surface area contributed by atoms with Gasteiger partial charge in [-0.1, -0.05) is 31.5 Å². The molecule has 84 valence electrons. The third kappa shape index (κ3) is 11.0. The van der Waals surface area contributed by atoms with E-state index in [1.165, 1.54) is 11.8 Å². The highest BCUT2D eigenvalue weighted by molar-refractivity contribution is 7.97. The second kappa shape index (κ2) is 13.1. The highest BCUT2D eigenvalue weighted by Gasteiger charge is 1.90. The molecule has 0 spiro atoms. The Morgan fingerprint density at radius 1 is 1.53 bits per heavy atom. The number of hydrogen-bond acceptors (Lipinski definition) is 4. The van der Waals surface area contributed by atoms with Gasteiger partial charge in [-0.2, -0.15) is 17.0 Å². The third-order valence-corrected chi connectivity index (χ3v) is 1.95. The molecule has 15 heavy (non-hydrogen) atoms. The molecule has 1 aromatic rings. The molecule has 5 heteroatoms. The lowest BCUT2D eigenvalue weighted by Gasteiger charge is -1.95. The number of nitrogens with two attached hydrogens (primary N) is 1. The van der Waals surface area contributed by atoms with Gasteiger partial charge in [-0.15, -0.1) is 0 Å². The molecule has 0 atom stereocenters. The number of nitrogens with zero attached hydrogens (tertiary/aromatic N) is 2. The van der Waals surface area contributed by atoms with Crippen molar-refractivity contribution >= 4 is 23.4 Å². The van der Waals surface area contributed by atoms with Gasteiger partial charge >= 0.3 is 0 Å². The van der Waals surface area contributed by atoms with Crippen molar-refractivity contribution in [3.05, 3.63) is 29.0 Å². The van der Waals surface area contributed by atoms with Crippen molar-refractivity contribution in [3.8, 4) is 6.19 Å². The maximum Gasteiger partial charge on any atom is 0.173 e. The lowest BCUT2D eigenvalue weighted by Crippen LogP contribution is -1.80. The molecule has 2 N–H and O–H groups in total. The summed E-state index contributed by atoms with van der Waals surface area (Å²) in [6.07, 6.45) is 5.12. The van der Waals surface area contributed by atoms with Gasteiger partial charge in [0, 0.05) is 11.9 Å². The van der Waals surface area contributed by atoms with Gasteiger partial charge in [0.05, 0.1) is 0 Å². The molecular formula is C10H16ClN3S. The number of halogens is 1. The van der Waals surface area contributed by atoms with Gasteiger partial charge < -0.3 is 5.73 Å². The average Bonchev–Trinajstić information content (AvgIpc) is 2.26. The van der Waals surface area contributed by atoms with E-state index >= 15 is 0 Å². The van der Waals surface area contributed by atoms with Crippen LogP contribution in [0.3, 0.4) is 0 Å². The van der Waals surface area contributed by atoms with Crippen LogP contribution < -0.4 is 5.73 Å². The molecule has 0 saturated carbocycles. The Morgan fingerprint density at radius 2 is 2.07 bits per heavy atom. The van der Waals surface area contributed by atoms with Crippen molar-refractivity contribution in [3.63, 3.8) is 0 Å². The van der Waals surface area contributed by atoms with Gasteiger partial charge in [0.15, 0.2) is 6.19 Å². The van der Waals surface area contributed by atoms with Gasteiger partial charge in [0.25, 0.3) is 0 Å². The molecule has 0 radical (unpaired) electrons. The number of hydrogen-bond donors (Lipinski definition) is 1. The topological polar surface area (TPSA) is 62.7 Å². The molecule has 0 amide bonds. The fourth-order valence-electron chi connectivity index (χ4n) is 0.658. The smallest absolute Gasteiger partial charge is 0.173 e. The van der Waals surface area contributed by atoms with Gasteiger partial charge in [-0.3, -0.25) is 0 Å². The Balaban J connectivity index is 0. The predicted octanol–water partition coefficient (Wildman–Crippen LogP) is 3.05. The highest BCUT2D eigenvalue weighted by atomic mass is 35.5. The van der Waals surface area contributed by atoms with E-state index in [0.29, 0.717) is 5.15 Å². The fourth-order valence-corrected chi connectivity index (χ4v) is 1.27. The zero-order valence-electron chi connectivity index (χ0n) is 9.20. The van der Waals surface area contributed by atoms with Crippen LogP contribution in [0.1, 0.15) is 19.4 Å². The van der Waals surface area contributed by atoms with Crippen molar-refractivity contribution in [1.29, 1.82) is 5.26 Å². The van der Waals surface area contributed by atoms with E-state index in [4.69, 9.17) is 16.9 Å². The molecule has 0 unspecified atom stereocenters. The summed E-state index contributed by atoms with van der Waals surface area (Å²) < 4.78 is 0. The standard InChI is InChI=1S/C7H8ClNS.C2H6.CH2N2/c1-10-5-6-2-3-7(8)9-4-6;1-2;2-1-3/h2-4H,5H2,1H3;1-2H3;2H2. The van der Waals surface area contributed by atoms with Gasteiger partial charge in [-0.05, 0) is 17.9 Å². The Bertz CT molecular complexity index is 269. The summed E-state index contributed by atoms with van der Waals surface area (Å²) in [5.74, 6) is 1.00. The highest BCUT2D eigenvalue weighted by Crippen LogP contribution is 2.10. The van der Waals surface area contributed by atoms with Crippen LogP contribution in [0.25, 0.3) is 0 Å². The first-order valence-electron chi connectivity index (χ1n) is 4.43. The van der Waals surface area contributed by atoms with Crippen molar-refractivity contribution in [2.75, 3.05) is 6.26 Å². The minimum Gasteiger partial charge on any atom is -0.337 e. The molecule has 1 aromatic heterocycles. The van der Waals surface area contributed by atoms with Crippen molar-refractivity contribution in [2.45, 2.75) is 19.6 Å². The van der Waals surface area contributed by atoms with Gasteiger partial charge in [-0.25, -0.2) is 4.98 Å². The largest absolute Gasteiger partial charge is 0.337 e. The summed E-state index contributed by atoms with van der Waals surface area (Å²) in [6, 6.07) is 3.80. The van der Waals surface area contributed by atoms with Crippen LogP contribution >= 0.6 is 23.4 Å². The minimum absolute atomic E-state index is 0.560. The lowest BCUT2D eigenvalue weighted by atomic mass is 10.3. The summed E-state index contributed by atoms with van der Waals surface area (Å²) in [5, 5.41) is 7.66. The first kappa shape index (κ1) is 16.5. The van der Waals surface area contributed by atoms with Crippen molar-refractivity contribution < 1.29 is 0 Å². The predicted molar refractivity (Wildman–Crippen MR) is 67.6 cm³/mol. The number of aromatic nitrogens is 1. The Kier molecular flexibility index (Phi) is 14.4. The van der Waals surface area contributed by atoms with E-state index in [-0.39, 0.29) is 0 Å². The molecule has 0 saturated heterocycles. The molecular weight excluding hydrogens is 230 g/mol. The second-order valence-corrected chi connectivity index (χ2v) is 3.30. The SMILES string of the molecule is CC.CSCc1ccc(Cl)nc1.N#CN. The second-order valence-electron chi connectivity index (χ2n) is 2.05. The van der Waals surface area contributed by atoms with E-state index in [9.17, 15) is 0 Å². The van der Waals surface area contributed by atoms with Crippen LogP contribution in [-0.4, -0.2) is 11.2 Å². The van der Waals surface area contributed by atoms with E-state index < -0.39 is 0 Å². The molecule has 0 aliphatic rings. The van der Waals surface area contributed by atoms with Crippen LogP contribution in [0.5, 0.6) is 0 Å². The zero-order chi connectivity index (χ0) is 12.1. The van der Waals surface area contributed by atoms with Crippen molar-refractivity contribution in [1.82, 2.24) is 4.98 Å². The average molecular weight is 246 g/mol. The van der Waals surface area contributed by atoms with Crippen molar-refractivity contribution in [2.24, 2.45) is 5.73 Å². The van der Waals surface area contributed by atoms with Crippen LogP contribution in [-0.2, 0) is 5.75 Å². The number of nitriles is 1. The summed E-state index contributed by atoms with van der Waals surface area (Å²) in [4.78, 5) is 3.95. The lowest BCUT2D eigenvalue weighted by molar-refractivity contribution is 1.25. The monoisotopic (exact) mass is 245 g/mol. The maximum absolute atomic E-state index is 7.10. The van der Waals surface area contributed by atoms with Gasteiger partial charge in [0.1, 0.15) is 5.15 Å². The molecule has 0 fully saturated rings. The van der Waals surface area contributed by atoms with Crippen LogP contribution in [0, 0.1) is 11.5 Å². The normalized spacial score (nSPS) is 7.40. The third-order valence-electron chi connectivity index (χ3n) is 1.10. The molecule has 1 rings (SSSR count). The quantitative estimate of drug-likeness (QED) is 0.494. The molecule has 0 aliphatic carbocycles. The van der Waals surface area contributed by atoms with Gasteiger partial charge in [0.2, 0.25) is 0 Å². The Morgan fingerprint density at radius 3 is 2.40 bits per heavy atom. The van der Waals surface area contributed by atoms with E-state index in [0.717, 1.165) is 5.75 Å². The summed E-state index contributed by atoms with van der Waals surface area (Å²) >= 11 is 7.37. The molecule has 0 aliphatic heterocycles. The number of rotatable bonds is 2. The zero-order valence-corrected chi connectivity index (χ0v) is 10.8. The summed E-state index contributed by atoms with van der Waals surface area (Å²) in [6.45, 7) is 4.00. The maximum atomic E-state index is 7.10. The molecule has 0 bridgehead atoms. The number of pyridine rings is 1. The van der Waals surface area contributed by atoms with Crippen LogP contribution in [0.15, 0.2) is 18.3 Å². The van der Waals surface area contributed by atoms with E-state index in [1.807, 2.05) is 26.0 Å². The summed E-state index contributed by atoms with van der Waals surface area (Å²) in [5.41, 5.74) is 5.37. The minimum atomic E-state index is 0.560. The van der Waals surface area contributed by atoms with E-state index in [1.54, 1.807) is 18.0 Å². The first-order valence-corrected chi connectivity index (χ1v) is 6.20. The molecule has 3 nitrogen and oxygen atoms in total. The Hall–Kier alpha value is -0.920. The summed E-state index contributed by atoms with van der Waals surface area (Å²) in [7, 11) is 0. The molecule has 1 heterocycles. The Labute approximate surface area is 101 Å². The first-order chi connectivity index (χ1) is 7.24. The molecule has 0 aromatic carbocycles. The van der Waals surface area contributed by atoms with Crippen LogP contribution in [0.2, 0.25) is 5.15 Å². The van der Waals surface area contributed by atoms with E-state index in [2.05, 4.69) is 17.0 Å².